The third-order valence-electron chi connectivity index (χ3n) is 1.49. The number of likely N-dealkylation sites (N-methyl/N-ethyl adjacent to an activating group) is 1. The van der Waals surface area contributed by atoms with E-state index < -0.39 is 5.83 Å². The molecular weight excluding hydrogens is 169 g/mol. The summed E-state index contributed by atoms with van der Waals surface area (Å²) in [5, 5.41) is 2.41. The van der Waals surface area contributed by atoms with Gasteiger partial charge in [-0.3, -0.25) is 4.79 Å². The molecular formula is C10H14FNO. The maximum absolute atomic E-state index is 12.8. The van der Waals surface area contributed by atoms with Crippen molar-refractivity contribution in [2.24, 2.45) is 0 Å². The summed E-state index contributed by atoms with van der Waals surface area (Å²) >= 11 is 0. The Morgan fingerprint density at radius 2 is 2.08 bits per heavy atom. The van der Waals surface area contributed by atoms with Gasteiger partial charge in [0.2, 0.25) is 0 Å². The summed E-state index contributed by atoms with van der Waals surface area (Å²) in [4.78, 5) is 11.2. The quantitative estimate of drug-likeness (QED) is 0.527. The molecule has 0 fully saturated rings. The minimum absolute atomic E-state index is 0.262. The van der Waals surface area contributed by atoms with Gasteiger partial charge in [-0.1, -0.05) is 12.7 Å². The van der Waals surface area contributed by atoms with Gasteiger partial charge in [0.15, 0.2) is 0 Å². The smallest absolute Gasteiger partial charge is 0.251 e. The fourth-order valence-corrected chi connectivity index (χ4v) is 0.738. The lowest BCUT2D eigenvalue weighted by molar-refractivity contribution is -0.116. The molecule has 2 nitrogen and oxygen atoms in total. The Morgan fingerprint density at radius 1 is 1.54 bits per heavy atom. The molecule has 72 valence electrons. The van der Waals surface area contributed by atoms with Gasteiger partial charge in [-0.15, -0.1) is 0 Å². The second-order valence-corrected chi connectivity index (χ2v) is 2.59. The van der Waals surface area contributed by atoms with Crippen molar-refractivity contribution in [3.8, 4) is 0 Å². The molecule has 0 bridgehead atoms. The van der Waals surface area contributed by atoms with E-state index in [-0.39, 0.29) is 11.5 Å². The number of hydrogen-bond acceptors (Lipinski definition) is 1. The summed E-state index contributed by atoms with van der Waals surface area (Å²) < 4.78 is 12.8. The van der Waals surface area contributed by atoms with Crippen LogP contribution in [-0.4, -0.2) is 13.0 Å². The molecule has 0 aliphatic rings. The maximum Gasteiger partial charge on any atom is 0.251 e. The average Bonchev–Trinajstić information content (AvgIpc) is 2.11. The molecule has 0 saturated carbocycles. The minimum Gasteiger partial charge on any atom is -0.355 e. The van der Waals surface area contributed by atoms with Crippen LogP contribution in [0.3, 0.4) is 0 Å². The first-order valence-corrected chi connectivity index (χ1v) is 3.94. The third kappa shape index (κ3) is 3.69. The minimum atomic E-state index is -0.443. The number of halogens is 1. The van der Waals surface area contributed by atoms with Gasteiger partial charge in [-0.25, -0.2) is 4.39 Å². The van der Waals surface area contributed by atoms with Crippen molar-refractivity contribution in [2.45, 2.75) is 13.8 Å². The van der Waals surface area contributed by atoms with Crippen LogP contribution in [-0.2, 0) is 4.79 Å². The van der Waals surface area contributed by atoms with Gasteiger partial charge in [-0.05, 0) is 25.5 Å². The number of hydrogen-bond donors (Lipinski definition) is 1. The lowest BCUT2D eigenvalue weighted by Crippen LogP contribution is -2.20. The summed E-state index contributed by atoms with van der Waals surface area (Å²) in [5.41, 5.74) is 0.800. The van der Waals surface area contributed by atoms with E-state index in [0.717, 1.165) is 0 Å². The van der Waals surface area contributed by atoms with Gasteiger partial charge in [0.05, 0.1) is 0 Å². The first kappa shape index (κ1) is 11.6. The van der Waals surface area contributed by atoms with Crippen molar-refractivity contribution in [3.63, 3.8) is 0 Å². The van der Waals surface area contributed by atoms with Crippen LogP contribution < -0.4 is 5.32 Å². The van der Waals surface area contributed by atoms with Crippen molar-refractivity contribution in [3.05, 3.63) is 35.7 Å². The molecule has 0 aromatic carbocycles. The van der Waals surface area contributed by atoms with Crippen molar-refractivity contribution in [1.82, 2.24) is 5.32 Å². The zero-order valence-corrected chi connectivity index (χ0v) is 8.15. The van der Waals surface area contributed by atoms with Gasteiger partial charge in [0.1, 0.15) is 5.83 Å². The standard InChI is InChI=1S/C10H14FNO/c1-5-8(11)6-9(7(2)3)10(13)12-4/h5-6H,2H2,1,3-4H3,(H,12,13)/b8-5+,9-6+. The monoisotopic (exact) mass is 183 g/mol. The number of allylic oxidation sites excluding steroid dienone is 3. The summed E-state index contributed by atoms with van der Waals surface area (Å²) in [7, 11) is 1.49. The Kier molecular flexibility index (Phi) is 4.74. The van der Waals surface area contributed by atoms with E-state index in [4.69, 9.17) is 0 Å². The summed E-state index contributed by atoms with van der Waals surface area (Å²) in [6, 6.07) is 0. The molecule has 0 spiro atoms. The Balaban J connectivity index is 4.92. The fourth-order valence-electron chi connectivity index (χ4n) is 0.738. The van der Waals surface area contributed by atoms with Crippen molar-refractivity contribution in [1.29, 1.82) is 0 Å². The molecule has 0 heterocycles. The summed E-state index contributed by atoms with van der Waals surface area (Å²) in [6.07, 6.45) is 2.45. The predicted octanol–water partition coefficient (Wildman–Crippen LogP) is 2.11. The SMILES string of the molecule is C=C(C)/C(=C\C(F)=C/C)C(=O)NC. The molecule has 1 amide bonds. The topological polar surface area (TPSA) is 29.1 Å². The first-order valence-electron chi connectivity index (χ1n) is 3.94. The highest BCUT2D eigenvalue weighted by Gasteiger charge is 2.08. The highest BCUT2D eigenvalue weighted by molar-refractivity contribution is 5.97. The highest BCUT2D eigenvalue weighted by Crippen LogP contribution is 2.11. The third-order valence-corrected chi connectivity index (χ3v) is 1.49. The van der Waals surface area contributed by atoms with Gasteiger partial charge in [0, 0.05) is 12.6 Å². The normalized spacial score (nSPS) is 12.6. The van der Waals surface area contributed by atoms with Gasteiger partial charge < -0.3 is 5.32 Å². The molecule has 0 aliphatic heterocycles. The molecule has 0 aliphatic carbocycles. The van der Waals surface area contributed by atoms with Gasteiger partial charge in [-0.2, -0.15) is 0 Å². The largest absolute Gasteiger partial charge is 0.355 e. The van der Waals surface area contributed by atoms with E-state index in [0.29, 0.717) is 5.57 Å². The van der Waals surface area contributed by atoms with E-state index >= 15 is 0 Å². The van der Waals surface area contributed by atoms with E-state index in [2.05, 4.69) is 11.9 Å². The van der Waals surface area contributed by atoms with Crippen LogP contribution in [0.4, 0.5) is 4.39 Å². The zero-order valence-electron chi connectivity index (χ0n) is 8.15. The fraction of sp³-hybridized carbons (Fsp3) is 0.300. The molecule has 0 saturated heterocycles. The zero-order chi connectivity index (χ0) is 10.4. The summed E-state index contributed by atoms with van der Waals surface area (Å²) in [6.45, 7) is 6.81. The molecule has 0 aromatic rings. The Hall–Kier alpha value is -1.38. The number of carbonyl (C=O) groups is 1. The highest BCUT2D eigenvalue weighted by atomic mass is 19.1. The number of rotatable bonds is 3. The lowest BCUT2D eigenvalue weighted by atomic mass is 10.1. The van der Waals surface area contributed by atoms with E-state index in [1.54, 1.807) is 13.8 Å². The first-order chi connectivity index (χ1) is 6.02. The maximum atomic E-state index is 12.8. The Morgan fingerprint density at radius 3 is 2.38 bits per heavy atom. The lowest BCUT2D eigenvalue weighted by Gasteiger charge is -2.03. The van der Waals surface area contributed by atoms with Gasteiger partial charge in [0.25, 0.3) is 5.91 Å². The van der Waals surface area contributed by atoms with Gasteiger partial charge >= 0.3 is 0 Å². The Labute approximate surface area is 77.8 Å². The van der Waals surface area contributed by atoms with Crippen molar-refractivity contribution >= 4 is 5.91 Å². The van der Waals surface area contributed by atoms with Crippen LogP contribution in [0.5, 0.6) is 0 Å². The number of amides is 1. The molecule has 0 aromatic heterocycles. The number of nitrogens with one attached hydrogen (secondary N) is 1. The van der Waals surface area contributed by atoms with Crippen LogP contribution >= 0.6 is 0 Å². The molecule has 0 atom stereocenters. The second-order valence-electron chi connectivity index (χ2n) is 2.59. The molecule has 3 heteroatoms. The van der Waals surface area contributed by atoms with E-state index in [1.807, 2.05) is 0 Å². The number of carbonyl (C=O) groups excluding carboxylic acids is 1. The van der Waals surface area contributed by atoms with E-state index in [9.17, 15) is 9.18 Å². The van der Waals surface area contributed by atoms with Crippen LogP contribution in [0, 0.1) is 0 Å². The molecule has 1 N–H and O–H groups in total. The Bertz CT molecular complexity index is 277. The molecule has 0 radical (unpaired) electrons. The van der Waals surface area contributed by atoms with Crippen LogP contribution in [0.15, 0.2) is 35.7 Å². The van der Waals surface area contributed by atoms with E-state index in [1.165, 1.54) is 19.2 Å². The summed E-state index contributed by atoms with van der Waals surface area (Å²) in [5.74, 6) is -0.772. The molecule has 0 rings (SSSR count). The van der Waals surface area contributed by atoms with Crippen LogP contribution in [0.1, 0.15) is 13.8 Å². The van der Waals surface area contributed by atoms with Crippen LogP contribution in [0.2, 0.25) is 0 Å². The van der Waals surface area contributed by atoms with Crippen molar-refractivity contribution in [2.75, 3.05) is 7.05 Å². The molecule has 13 heavy (non-hydrogen) atoms. The van der Waals surface area contributed by atoms with Crippen LogP contribution in [0.25, 0.3) is 0 Å². The average molecular weight is 183 g/mol. The van der Waals surface area contributed by atoms with Crippen molar-refractivity contribution < 1.29 is 9.18 Å². The molecule has 0 unspecified atom stereocenters. The predicted molar refractivity (Wildman–Crippen MR) is 51.8 cm³/mol. The second kappa shape index (κ2) is 5.30.